The summed E-state index contributed by atoms with van der Waals surface area (Å²) in [7, 11) is 0. The lowest BCUT2D eigenvalue weighted by Crippen LogP contribution is -2.28. The minimum atomic E-state index is -0.379. The van der Waals surface area contributed by atoms with Gasteiger partial charge in [0.25, 0.3) is 0 Å². The van der Waals surface area contributed by atoms with Crippen LogP contribution in [0.5, 0.6) is 11.5 Å². The van der Waals surface area contributed by atoms with Gasteiger partial charge in [0.05, 0.1) is 5.92 Å². The number of hydrogen-bond acceptors (Lipinski definition) is 4. The number of amides is 2. The monoisotopic (exact) mass is 352 g/mol. The van der Waals surface area contributed by atoms with E-state index in [1.54, 1.807) is 17.0 Å². The third kappa shape index (κ3) is 3.22. The number of hydrogen-bond donors (Lipinski definition) is 1. The molecule has 1 fully saturated rings. The normalized spacial score (nSPS) is 18.7. The summed E-state index contributed by atoms with van der Waals surface area (Å²) in [5.41, 5.74) is 2.55. The number of anilines is 2. The Kier molecular flexibility index (Phi) is 4.24. The van der Waals surface area contributed by atoms with Gasteiger partial charge in [0.15, 0.2) is 11.5 Å². The van der Waals surface area contributed by atoms with Crippen LogP contribution in [-0.4, -0.2) is 31.6 Å². The standard InChI is InChI=1S/C20H20N2O4/c1-13-3-2-4-15(9-13)21-20(24)14-10-19(23)22(12-14)16-5-6-17-18(11-16)26-8-7-25-17/h2-6,9,11,14H,7-8,10,12H2,1H3,(H,21,24)/t14-/m0/s1. The predicted molar refractivity (Wildman–Crippen MR) is 97.7 cm³/mol. The number of fused-ring (bicyclic) bond motifs is 1. The molecular weight excluding hydrogens is 332 g/mol. The molecule has 2 aliphatic rings. The van der Waals surface area contributed by atoms with E-state index in [2.05, 4.69) is 5.32 Å². The van der Waals surface area contributed by atoms with Gasteiger partial charge in [-0.2, -0.15) is 0 Å². The quantitative estimate of drug-likeness (QED) is 0.922. The maximum absolute atomic E-state index is 12.5. The van der Waals surface area contributed by atoms with E-state index in [1.807, 2.05) is 37.3 Å². The Balaban J connectivity index is 1.47. The van der Waals surface area contributed by atoms with Crippen LogP contribution in [0.4, 0.5) is 11.4 Å². The minimum Gasteiger partial charge on any atom is -0.486 e. The molecule has 2 heterocycles. The van der Waals surface area contributed by atoms with Crippen LogP contribution in [-0.2, 0) is 9.59 Å². The first-order chi connectivity index (χ1) is 12.6. The molecule has 0 spiro atoms. The second kappa shape index (κ2) is 6.71. The molecule has 2 aromatic rings. The molecule has 2 amide bonds. The van der Waals surface area contributed by atoms with E-state index in [4.69, 9.17) is 9.47 Å². The van der Waals surface area contributed by atoms with Crippen molar-refractivity contribution in [3.63, 3.8) is 0 Å². The number of nitrogens with one attached hydrogen (secondary N) is 1. The first-order valence-electron chi connectivity index (χ1n) is 8.68. The largest absolute Gasteiger partial charge is 0.486 e. The van der Waals surface area contributed by atoms with Gasteiger partial charge in [-0.05, 0) is 36.8 Å². The van der Waals surface area contributed by atoms with Crippen LogP contribution >= 0.6 is 0 Å². The molecule has 0 saturated carbocycles. The maximum atomic E-state index is 12.5. The van der Waals surface area contributed by atoms with Crippen molar-refractivity contribution in [3.8, 4) is 11.5 Å². The molecule has 26 heavy (non-hydrogen) atoms. The van der Waals surface area contributed by atoms with Crippen molar-refractivity contribution in [3.05, 3.63) is 48.0 Å². The molecule has 1 saturated heterocycles. The van der Waals surface area contributed by atoms with E-state index < -0.39 is 0 Å². The van der Waals surface area contributed by atoms with Gasteiger partial charge in [-0.25, -0.2) is 0 Å². The van der Waals surface area contributed by atoms with Crippen LogP contribution in [0.25, 0.3) is 0 Å². The van der Waals surface area contributed by atoms with Crippen molar-refractivity contribution < 1.29 is 19.1 Å². The van der Waals surface area contributed by atoms with Gasteiger partial charge < -0.3 is 19.7 Å². The second-order valence-corrected chi connectivity index (χ2v) is 6.59. The van der Waals surface area contributed by atoms with Gasteiger partial charge in [0, 0.05) is 30.4 Å². The molecule has 2 aromatic carbocycles. The van der Waals surface area contributed by atoms with Crippen LogP contribution < -0.4 is 19.7 Å². The van der Waals surface area contributed by atoms with Crippen molar-refractivity contribution >= 4 is 23.2 Å². The van der Waals surface area contributed by atoms with E-state index in [0.717, 1.165) is 16.9 Å². The molecule has 0 unspecified atom stereocenters. The maximum Gasteiger partial charge on any atom is 0.229 e. The van der Waals surface area contributed by atoms with E-state index in [0.29, 0.717) is 31.3 Å². The molecule has 2 aliphatic heterocycles. The summed E-state index contributed by atoms with van der Waals surface area (Å²) in [5.74, 6) is 0.737. The van der Waals surface area contributed by atoms with Crippen molar-refractivity contribution in [2.45, 2.75) is 13.3 Å². The first-order valence-corrected chi connectivity index (χ1v) is 8.68. The number of aryl methyl sites for hydroxylation is 1. The minimum absolute atomic E-state index is 0.0638. The number of nitrogens with zero attached hydrogens (tertiary/aromatic N) is 1. The van der Waals surface area contributed by atoms with Gasteiger partial charge in [-0.15, -0.1) is 0 Å². The zero-order valence-corrected chi connectivity index (χ0v) is 14.5. The average Bonchev–Trinajstić information content (AvgIpc) is 3.03. The third-order valence-electron chi connectivity index (χ3n) is 4.62. The van der Waals surface area contributed by atoms with Crippen LogP contribution in [0.15, 0.2) is 42.5 Å². The third-order valence-corrected chi connectivity index (χ3v) is 4.62. The zero-order chi connectivity index (χ0) is 18.1. The molecule has 6 heteroatoms. The van der Waals surface area contributed by atoms with E-state index in [-0.39, 0.29) is 24.2 Å². The van der Waals surface area contributed by atoms with Gasteiger partial charge >= 0.3 is 0 Å². The van der Waals surface area contributed by atoms with Gasteiger partial charge in [0.2, 0.25) is 11.8 Å². The number of benzene rings is 2. The average molecular weight is 352 g/mol. The summed E-state index contributed by atoms with van der Waals surface area (Å²) in [6.07, 6.45) is 0.200. The van der Waals surface area contributed by atoms with Crippen molar-refractivity contribution in [2.75, 3.05) is 30.0 Å². The fourth-order valence-electron chi connectivity index (χ4n) is 3.30. The number of carbonyl (C=O) groups excluding carboxylic acids is 2. The Labute approximate surface area is 151 Å². The highest BCUT2D eigenvalue weighted by Gasteiger charge is 2.35. The van der Waals surface area contributed by atoms with Crippen molar-refractivity contribution in [1.82, 2.24) is 0 Å². The molecule has 1 N–H and O–H groups in total. The summed E-state index contributed by atoms with van der Waals surface area (Å²) < 4.78 is 11.1. The number of rotatable bonds is 3. The van der Waals surface area contributed by atoms with Gasteiger partial charge in [0.1, 0.15) is 13.2 Å². The molecule has 6 nitrogen and oxygen atoms in total. The van der Waals surface area contributed by atoms with Gasteiger partial charge in [-0.1, -0.05) is 12.1 Å². The molecular formula is C20H20N2O4. The van der Waals surface area contributed by atoms with Crippen LogP contribution in [0.2, 0.25) is 0 Å². The molecule has 0 bridgehead atoms. The Morgan fingerprint density at radius 3 is 2.73 bits per heavy atom. The van der Waals surface area contributed by atoms with Crippen LogP contribution in [0.3, 0.4) is 0 Å². The highest BCUT2D eigenvalue weighted by molar-refractivity contribution is 6.03. The molecule has 4 rings (SSSR count). The second-order valence-electron chi connectivity index (χ2n) is 6.59. The first kappa shape index (κ1) is 16.4. The number of ether oxygens (including phenoxy) is 2. The van der Waals surface area contributed by atoms with E-state index in [9.17, 15) is 9.59 Å². The van der Waals surface area contributed by atoms with Crippen molar-refractivity contribution in [1.29, 1.82) is 0 Å². The lowest BCUT2D eigenvalue weighted by molar-refractivity contribution is -0.122. The summed E-state index contributed by atoms with van der Waals surface area (Å²) in [5, 5.41) is 2.90. The Morgan fingerprint density at radius 1 is 1.12 bits per heavy atom. The fraction of sp³-hybridized carbons (Fsp3) is 0.300. The zero-order valence-electron chi connectivity index (χ0n) is 14.5. The summed E-state index contributed by atoms with van der Waals surface area (Å²) >= 11 is 0. The number of carbonyl (C=O) groups is 2. The Morgan fingerprint density at radius 2 is 1.92 bits per heavy atom. The fourth-order valence-corrected chi connectivity index (χ4v) is 3.30. The smallest absolute Gasteiger partial charge is 0.229 e. The Hall–Kier alpha value is -3.02. The lowest BCUT2D eigenvalue weighted by atomic mass is 10.1. The molecule has 0 radical (unpaired) electrons. The summed E-state index contributed by atoms with van der Waals surface area (Å²) in [4.78, 5) is 26.6. The highest BCUT2D eigenvalue weighted by atomic mass is 16.6. The van der Waals surface area contributed by atoms with Crippen LogP contribution in [0, 0.1) is 12.8 Å². The lowest BCUT2D eigenvalue weighted by Gasteiger charge is -2.22. The molecule has 0 aliphatic carbocycles. The van der Waals surface area contributed by atoms with Crippen molar-refractivity contribution in [2.24, 2.45) is 5.92 Å². The summed E-state index contributed by atoms with van der Waals surface area (Å²) in [6.45, 7) is 3.34. The SMILES string of the molecule is Cc1cccc(NC(=O)[C@H]2CC(=O)N(c3ccc4c(c3)OCCO4)C2)c1. The van der Waals surface area contributed by atoms with Crippen LogP contribution in [0.1, 0.15) is 12.0 Å². The topological polar surface area (TPSA) is 67.9 Å². The Bertz CT molecular complexity index is 865. The van der Waals surface area contributed by atoms with E-state index >= 15 is 0 Å². The molecule has 0 aromatic heterocycles. The highest BCUT2D eigenvalue weighted by Crippen LogP contribution is 2.36. The molecule has 134 valence electrons. The summed E-state index contributed by atoms with van der Waals surface area (Å²) in [6, 6.07) is 13.1. The molecule has 1 atom stereocenters. The van der Waals surface area contributed by atoms with E-state index in [1.165, 1.54) is 0 Å². The van der Waals surface area contributed by atoms with Gasteiger partial charge in [-0.3, -0.25) is 9.59 Å². The predicted octanol–water partition coefficient (Wildman–Crippen LogP) is 2.76.